The number of nitrogens with zero attached hydrogens (tertiary/aromatic N) is 4. The number of Topliss-reactive ketones (excluding diaryl/α,β-unsaturated/α-hetero) is 1. The lowest BCUT2D eigenvalue weighted by molar-refractivity contribution is 0.0896. The van der Waals surface area contributed by atoms with E-state index in [-0.39, 0.29) is 23.3 Å². The first-order valence-corrected chi connectivity index (χ1v) is 12.8. The van der Waals surface area contributed by atoms with Crippen LogP contribution in [0.15, 0.2) is 35.2 Å². The number of benzene rings is 1. The molecule has 1 aromatic carbocycles. The van der Waals surface area contributed by atoms with Crippen LogP contribution in [0.5, 0.6) is 0 Å². The van der Waals surface area contributed by atoms with E-state index in [0.717, 1.165) is 42.9 Å². The second-order valence-corrected chi connectivity index (χ2v) is 10.7. The molecule has 0 aliphatic carbocycles. The molecule has 0 radical (unpaired) electrons. The average Bonchev–Trinajstić information content (AvgIpc) is 3.43. The molecule has 176 valence electrons. The first-order valence-electron chi connectivity index (χ1n) is 11.3. The van der Waals surface area contributed by atoms with Crippen molar-refractivity contribution in [3.63, 3.8) is 0 Å². The van der Waals surface area contributed by atoms with E-state index in [9.17, 15) is 13.2 Å². The molecule has 33 heavy (non-hydrogen) atoms. The summed E-state index contributed by atoms with van der Waals surface area (Å²) >= 11 is 0. The minimum Gasteiger partial charge on any atom is -0.376 e. The van der Waals surface area contributed by atoms with Gasteiger partial charge in [0.2, 0.25) is 10.0 Å². The zero-order valence-corrected chi connectivity index (χ0v) is 20.0. The van der Waals surface area contributed by atoms with Crippen molar-refractivity contribution in [2.45, 2.75) is 44.2 Å². The van der Waals surface area contributed by atoms with Crippen LogP contribution in [-0.4, -0.2) is 73.4 Å². The zero-order valence-electron chi connectivity index (χ0n) is 19.2. The van der Waals surface area contributed by atoms with E-state index < -0.39 is 10.0 Å². The van der Waals surface area contributed by atoms with Gasteiger partial charge >= 0.3 is 0 Å². The first-order chi connectivity index (χ1) is 15.8. The minimum absolute atomic E-state index is 0.0603. The molecular weight excluding hydrogens is 440 g/mol. The van der Waals surface area contributed by atoms with Gasteiger partial charge in [-0.25, -0.2) is 8.42 Å². The maximum absolute atomic E-state index is 13.1. The Morgan fingerprint density at radius 1 is 1.15 bits per heavy atom. The van der Waals surface area contributed by atoms with E-state index in [0.29, 0.717) is 31.7 Å². The number of nitriles is 1. The lowest BCUT2D eigenvalue weighted by atomic mass is 10.1. The van der Waals surface area contributed by atoms with Crippen molar-refractivity contribution in [2.75, 3.05) is 39.3 Å². The van der Waals surface area contributed by atoms with Gasteiger partial charge in [-0.3, -0.25) is 9.69 Å². The van der Waals surface area contributed by atoms with Crippen molar-refractivity contribution in [1.29, 1.82) is 5.26 Å². The number of hydrogen-bond acceptors (Lipinski definition) is 6. The third-order valence-electron chi connectivity index (χ3n) is 6.60. The van der Waals surface area contributed by atoms with Gasteiger partial charge in [-0.1, -0.05) is 0 Å². The predicted octanol–water partition coefficient (Wildman–Crippen LogP) is 2.34. The van der Waals surface area contributed by atoms with Crippen molar-refractivity contribution in [1.82, 2.24) is 13.8 Å². The third-order valence-corrected chi connectivity index (χ3v) is 8.52. The highest BCUT2D eigenvalue weighted by atomic mass is 32.2. The lowest BCUT2D eigenvalue weighted by Crippen LogP contribution is -2.49. The quantitative estimate of drug-likeness (QED) is 0.577. The molecule has 2 aromatic rings. The zero-order chi connectivity index (χ0) is 23.6. The third kappa shape index (κ3) is 5.04. The smallest absolute Gasteiger partial charge is 0.243 e. The highest BCUT2D eigenvalue weighted by Gasteiger charge is 2.30. The summed E-state index contributed by atoms with van der Waals surface area (Å²) in [5.41, 5.74) is 3.19. The molecule has 0 spiro atoms. The Hall–Kier alpha value is -2.51. The molecule has 3 heterocycles. The molecule has 0 saturated carbocycles. The number of sulfonamides is 1. The summed E-state index contributed by atoms with van der Waals surface area (Å²) in [6, 6.07) is 9.91. The van der Waals surface area contributed by atoms with Crippen molar-refractivity contribution >= 4 is 15.8 Å². The Kier molecular flexibility index (Phi) is 7.00. The van der Waals surface area contributed by atoms with Crippen molar-refractivity contribution in [3.8, 4) is 6.07 Å². The summed E-state index contributed by atoms with van der Waals surface area (Å²) in [6.45, 7) is 7.50. The van der Waals surface area contributed by atoms with Crippen LogP contribution in [0, 0.1) is 25.2 Å². The first kappa shape index (κ1) is 23.6. The highest BCUT2D eigenvalue weighted by molar-refractivity contribution is 7.89. The van der Waals surface area contributed by atoms with Gasteiger partial charge < -0.3 is 9.30 Å². The monoisotopic (exact) mass is 470 g/mol. The Morgan fingerprint density at radius 2 is 1.85 bits per heavy atom. The number of ether oxygens (including phenoxy) is 1. The topological polar surface area (TPSA) is 95.6 Å². The van der Waals surface area contributed by atoms with E-state index in [1.807, 2.05) is 30.9 Å². The summed E-state index contributed by atoms with van der Waals surface area (Å²) in [4.78, 5) is 15.3. The van der Waals surface area contributed by atoms with Crippen LogP contribution in [0.4, 0.5) is 0 Å². The molecule has 4 rings (SSSR count). The lowest BCUT2D eigenvalue weighted by Gasteiger charge is -2.33. The minimum atomic E-state index is -3.61. The molecule has 9 heteroatoms. The number of rotatable bonds is 7. The largest absolute Gasteiger partial charge is 0.376 e. The molecule has 1 atom stereocenters. The normalized spacial score (nSPS) is 20.1. The molecule has 0 unspecified atom stereocenters. The van der Waals surface area contributed by atoms with Crippen LogP contribution in [-0.2, 0) is 21.3 Å². The molecule has 2 fully saturated rings. The molecule has 0 N–H and O–H groups in total. The number of aryl methyl sites for hydroxylation is 1. The maximum atomic E-state index is 13.1. The molecule has 1 aromatic heterocycles. The highest BCUT2D eigenvalue weighted by Crippen LogP contribution is 2.22. The van der Waals surface area contributed by atoms with E-state index in [1.165, 1.54) is 28.6 Å². The number of carbonyl (C=O) groups is 1. The van der Waals surface area contributed by atoms with Gasteiger partial charge in [-0.05, 0) is 57.0 Å². The Balaban J connectivity index is 1.36. The molecule has 0 amide bonds. The Morgan fingerprint density at radius 3 is 2.45 bits per heavy atom. The maximum Gasteiger partial charge on any atom is 0.243 e. The van der Waals surface area contributed by atoms with E-state index >= 15 is 0 Å². The molecule has 8 nitrogen and oxygen atoms in total. The summed E-state index contributed by atoms with van der Waals surface area (Å²) in [5, 5.41) is 8.91. The van der Waals surface area contributed by atoms with Crippen molar-refractivity contribution in [3.05, 3.63) is 52.8 Å². The van der Waals surface area contributed by atoms with Crippen LogP contribution in [0.1, 0.15) is 40.2 Å². The number of aromatic nitrogens is 1. The molecule has 0 bridgehead atoms. The predicted molar refractivity (Wildman–Crippen MR) is 124 cm³/mol. The van der Waals surface area contributed by atoms with Gasteiger partial charge in [0.15, 0.2) is 5.78 Å². The molecular formula is C24H30N4O4S. The summed E-state index contributed by atoms with van der Waals surface area (Å²) in [7, 11) is -3.61. The summed E-state index contributed by atoms with van der Waals surface area (Å²) in [5.74, 6) is 0.0603. The van der Waals surface area contributed by atoms with Gasteiger partial charge in [0.05, 0.1) is 29.2 Å². The number of hydrogen-bond donors (Lipinski definition) is 0. The fourth-order valence-electron chi connectivity index (χ4n) is 4.62. The molecule has 2 aliphatic rings. The SMILES string of the molecule is Cc1cc(C(=O)CN2CCN(S(=O)(=O)c3ccc(C#N)cc3)CC2)c(C)n1C[C@@H]1CCCO1. The van der Waals surface area contributed by atoms with Gasteiger partial charge in [0.25, 0.3) is 0 Å². The van der Waals surface area contributed by atoms with Gasteiger partial charge in [0, 0.05) is 56.3 Å². The fraction of sp³-hybridized carbons (Fsp3) is 0.500. The number of piperazine rings is 1. The second kappa shape index (κ2) is 9.77. The Labute approximate surface area is 195 Å². The van der Waals surface area contributed by atoms with Gasteiger partial charge in [0.1, 0.15) is 0 Å². The van der Waals surface area contributed by atoms with Gasteiger partial charge in [-0.15, -0.1) is 0 Å². The standard InChI is InChI=1S/C24H30N4O4S/c1-18-14-23(19(2)28(18)16-21-4-3-13-32-21)24(29)17-26-9-11-27(12-10-26)33(30,31)22-7-5-20(15-25)6-8-22/h5-8,14,21H,3-4,9-13,16-17H2,1-2H3/t21-/m0/s1. The van der Waals surface area contributed by atoms with Crippen molar-refractivity contribution < 1.29 is 17.9 Å². The van der Waals surface area contributed by atoms with E-state index in [4.69, 9.17) is 10.00 Å². The van der Waals surface area contributed by atoms with Crippen LogP contribution in [0.2, 0.25) is 0 Å². The van der Waals surface area contributed by atoms with Crippen LogP contribution >= 0.6 is 0 Å². The van der Waals surface area contributed by atoms with Crippen LogP contribution in [0.25, 0.3) is 0 Å². The summed E-state index contributed by atoms with van der Waals surface area (Å²) < 4.78 is 35.2. The van der Waals surface area contributed by atoms with Gasteiger partial charge in [-0.2, -0.15) is 9.57 Å². The van der Waals surface area contributed by atoms with E-state index in [2.05, 4.69) is 4.57 Å². The fourth-order valence-corrected chi connectivity index (χ4v) is 6.05. The molecule has 2 aliphatic heterocycles. The second-order valence-electron chi connectivity index (χ2n) is 8.77. The molecule has 2 saturated heterocycles. The van der Waals surface area contributed by atoms with Crippen molar-refractivity contribution in [2.24, 2.45) is 0 Å². The number of ketones is 1. The number of carbonyl (C=O) groups excluding carboxylic acids is 1. The van der Waals surface area contributed by atoms with E-state index in [1.54, 1.807) is 0 Å². The van der Waals surface area contributed by atoms with Crippen LogP contribution < -0.4 is 0 Å². The van der Waals surface area contributed by atoms with Crippen LogP contribution in [0.3, 0.4) is 0 Å². The summed E-state index contributed by atoms with van der Waals surface area (Å²) in [6.07, 6.45) is 2.35. The Bertz CT molecular complexity index is 1150. The average molecular weight is 471 g/mol.